The van der Waals surface area contributed by atoms with Crippen LogP contribution < -0.4 is 16.8 Å². The molecule has 0 amide bonds. The van der Waals surface area contributed by atoms with Crippen LogP contribution >= 0.6 is 44.3 Å². The molecule has 0 radical (unpaired) electrons. The third kappa shape index (κ3) is 7.29. The van der Waals surface area contributed by atoms with E-state index in [4.69, 9.17) is 11.5 Å². The summed E-state index contributed by atoms with van der Waals surface area (Å²) in [5.41, 5.74) is 17.7. The first-order valence-corrected chi connectivity index (χ1v) is 14.2. The van der Waals surface area contributed by atoms with Gasteiger partial charge in [-0.25, -0.2) is 0 Å². The van der Waals surface area contributed by atoms with Crippen molar-refractivity contribution in [1.82, 2.24) is 10.2 Å². The van der Waals surface area contributed by atoms with E-state index in [0.29, 0.717) is 18.8 Å². The molecule has 0 unspecified atom stereocenters. The van der Waals surface area contributed by atoms with Gasteiger partial charge in [0.05, 0.1) is 9.85 Å². The quantitative estimate of drug-likeness (QED) is 0.163. The van der Waals surface area contributed by atoms with Crippen molar-refractivity contribution in [2.75, 3.05) is 31.1 Å². The van der Waals surface area contributed by atoms with Gasteiger partial charge in [0.25, 0.3) is 11.4 Å². The number of nitro groups is 2. The van der Waals surface area contributed by atoms with Gasteiger partial charge in [0.15, 0.2) is 0 Å². The molecule has 3 aromatic rings. The number of hydrogen-bond acceptors (Lipinski definition) is 8. The van der Waals surface area contributed by atoms with Gasteiger partial charge >= 0.3 is 0 Å². The Bertz CT molecular complexity index is 1390. The predicted octanol–water partition coefficient (Wildman–Crippen LogP) is 5.94. The predicted molar refractivity (Wildman–Crippen MR) is 167 cm³/mol. The molecular weight excluding hydrogens is 668 g/mol. The Morgan fingerprint density at radius 1 is 0.875 bits per heavy atom. The lowest BCUT2D eigenvalue weighted by Gasteiger charge is -2.30. The van der Waals surface area contributed by atoms with E-state index in [0.717, 1.165) is 76.5 Å². The van der Waals surface area contributed by atoms with Gasteiger partial charge in [0.2, 0.25) is 0 Å². The van der Waals surface area contributed by atoms with Crippen LogP contribution in [0, 0.1) is 20.2 Å². The van der Waals surface area contributed by atoms with Crippen molar-refractivity contribution in [3.8, 4) is 0 Å². The fourth-order valence-electron chi connectivity index (χ4n) is 5.06. The van der Waals surface area contributed by atoms with Crippen molar-refractivity contribution in [3.63, 3.8) is 0 Å². The normalized spacial score (nSPS) is 14.2. The number of nitrogen functional groups attached to an aromatic ring is 2. The summed E-state index contributed by atoms with van der Waals surface area (Å²) < 4.78 is 1.57. The Hall–Kier alpha value is -2.77. The van der Waals surface area contributed by atoms with E-state index in [1.54, 1.807) is 0 Å². The molecule has 13 heteroatoms. The highest BCUT2D eigenvalue weighted by Gasteiger charge is 2.26. The third-order valence-electron chi connectivity index (χ3n) is 7.12. The van der Waals surface area contributed by atoms with E-state index < -0.39 is 9.85 Å². The maximum absolute atomic E-state index is 11.2. The minimum absolute atomic E-state index is 0. The second kappa shape index (κ2) is 14.2. The summed E-state index contributed by atoms with van der Waals surface area (Å²) >= 11 is 6.81. The number of hydrogen-bond donors (Lipinski definition) is 3. The van der Waals surface area contributed by atoms with Crippen molar-refractivity contribution in [1.29, 1.82) is 0 Å². The molecule has 214 valence electrons. The van der Waals surface area contributed by atoms with Gasteiger partial charge in [-0.1, -0.05) is 62.2 Å². The number of anilines is 2. The molecule has 0 fully saturated rings. The lowest BCUT2D eigenvalue weighted by molar-refractivity contribution is -0.384. The van der Waals surface area contributed by atoms with Crippen molar-refractivity contribution < 1.29 is 9.85 Å². The van der Waals surface area contributed by atoms with Crippen molar-refractivity contribution in [2.24, 2.45) is 0 Å². The van der Waals surface area contributed by atoms with Crippen LogP contribution in [0.5, 0.6) is 0 Å². The molecule has 40 heavy (non-hydrogen) atoms. The maximum Gasteiger partial charge on any atom is 0.293 e. The van der Waals surface area contributed by atoms with Crippen molar-refractivity contribution in [3.05, 3.63) is 99.5 Å². The molecule has 2 aliphatic rings. The highest BCUT2D eigenvalue weighted by molar-refractivity contribution is 9.10. The molecule has 10 nitrogen and oxygen atoms in total. The Labute approximate surface area is 255 Å². The largest absolute Gasteiger partial charge is 0.393 e. The number of nitro benzene ring substituents is 2. The first kappa shape index (κ1) is 31.8. The minimum Gasteiger partial charge on any atom is -0.393 e. The second-order valence-electron chi connectivity index (χ2n) is 9.55. The van der Waals surface area contributed by atoms with Crippen LogP contribution in [-0.2, 0) is 32.4 Å². The SMILES string of the molecule is Cl.Nc1c([N+](=O)[O-])cc(Br)c2c1CN(CCCc1ccccc1)CC2.Nc1c([N+](=O)[O-])cc(Br)c2c1CNCC2. The van der Waals surface area contributed by atoms with Crippen LogP contribution in [0.25, 0.3) is 0 Å². The van der Waals surface area contributed by atoms with Gasteiger partial charge in [0, 0.05) is 51.8 Å². The standard InChI is InChI=1S/C18H20BrN3O2.C9H10BrN3O2.ClH/c19-16-11-17(22(23)24)18(20)15-12-21(10-8-14(15)16)9-4-7-13-5-2-1-3-6-13;10-7-3-8(13(14)15)9(11)6-4-12-2-1-5(6)7;/h1-3,5-6,11H,4,7-10,12,20H2;3,12H,1-2,4,11H2;1H. The number of nitrogens with two attached hydrogens (primary N) is 2. The summed E-state index contributed by atoms with van der Waals surface area (Å²) in [7, 11) is 0. The molecule has 0 spiro atoms. The van der Waals surface area contributed by atoms with Crippen LogP contribution in [0.2, 0.25) is 0 Å². The maximum atomic E-state index is 11.2. The van der Waals surface area contributed by atoms with E-state index in [1.807, 2.05) is 6.07 Å². The smallest absolute Gasteiger partial charge is 0.293 e. The van der Waals surface area contributed by atoms with Gasteiger partial charge < -0.3 is 16.8 Å². The first-order valence-electron chi connectivity index (χ1n) is 12.6. The Kier molecular flexibility index (Phi) is 11.3. The molecule has 0 aliphatic carbocycles. The zero-order valence-electron chi connectivity index (χ0n) is 21.7. The summed E-state index contributed by atoms with van der Waals surface area (Å²) in [5, 5.41) is 25.1. The van der Waals surface area contributed by atoms with Crippen LogP contribution in [0.3, 0.4) is 0 Å². The number of nitrogens with one attached hydrogen (secondary N) is 1. The molecular formula is C27H31Br2ClN6O4. The van der Waals surface area contributed by atoms with Crippen LogP contribution in [0.1, 0.15) is 34.2 Å². The molecule has 0 saturated heterocycles. The highest BCUT2D eigenvalue weighted by Crippen LogP contribution is 2.38. The number of halogens is 3. The molecule has 3 aromatic carbocycles. The third-order valence-corrected chi connectivity index (χ3v) is 8.54. The molecule has 0 bridgehead atoms. The summed E-state index contributed by atoms with van der Waals surface area (Å²) in [4.78, 5) is 23.4. The number of aryl methyl sites for hydroxylation is 1. The lowest BCUT2D eigenvalue weighted by atomic mass is 9.96. The number of fused-ring (bicyclic) bond motifs is 2. The Morgan fingerprint density at radius 2 is 1.45 bits per heavy atom. The van der Waals surface area contributed by atoms with Gasteiger partial charge in [0.1, 0.15) is 11.4 Å². The summed E-state index contributed by atoms with van der Waals surface area (Å²) in [6.45, 7) is 4.08. The molecule has 0 aromatic heterocycles. The van der Waals surface area contributed by atoms with Crippen LogP contribution in [0.4, 0.5) is 22.7 Å². The molecule has 2 heterocycles. The first-order chi connectivity index (χ1) is 18.7. The topological polar surface area (TPSA) is 154 Å². The Morgan fingerprint density at radius 3 is 2.05 bits per heavy atom. The molecule has 0 atom stereocenters. The zero-order valence-corrected chi connectivity index (χ0v) is 25.7. The zero-order chi connectivity index (χ0) is 28.1. The molecule has 5 N–H and O–H groups in total. The highest BCUT2D eigenvalue weighted by atomic mass is 79.9. The van der Waals surface area contributed by atoms with Crippen LogP contribution in [-0.4, -0.2) is 34.4 Å². The van der Waals surface area contributed by atoms with E-state index >= 15 is 0 Å². The monoisotopic (exact) mass is 696 g/mol. The Balaban J connectivity index is 0.000000238. The average molecular weight is 699 g/mol. The van der Waals surface area contributed by atoms with Gasteiger partial charge in [-0.05, 0) is 55.5 Å². The molecule has 2 aliphatic heterocycles. The fourth-order valence-corrected chi connectivity index (χ4v) is 6.37. The van der Waals surface area contributed by atoms with Gasteiger partial charge in [-0.2, -0.15) is 0 Å². The van der Waals surface area contributed by atoms with Crippen molar-refractivity contribution >= 4 is 67.0 Å². The summed E-state index contributed by atoms with van der Waals surface area (Å²) in [6, 6.07) is 13.4. The van der Waals surface area contributed by atoms with Gasteiger partial charge in [-0.3, -0.25) is 25.1 Å². The number of nitrogens with zero attached hydrogens (tertiary/aromatic N) is 3. The van der Waals surface area contributed by atoms with E-state index in [9.17, 15) is 20.2 Å². The van der Waals surface area contributed by atoms with Crippen molar-refractivity contribution in [2.45, 2.75) is 38.8 Å². The molecule has 0 saturated carbocycles. The molecule has 5 rings (SSSR count). The average Bonchev–Trinajstić information content (AvgIpc) is 2.93. The van der Waals surface area contributed by atoms with E-state index in [-0.39, 0.29) is 29.5 Å². The van der Waals surface area contributed by atoms with Crippen LogP contribution in [0.15, 0.2) is 51.4 Å². The summed E-state index contributed by atoms with van der Waals surface area (Å²) in [6.07, 6.45) is 3.81. The second-order valence-corrected chi connectivity index (χ2v) is 11.3. The van der Waals surface area contributed by atoms with E-state index in [1.165, 1.54) is 17.7 Å². The van der Waals surface area contributed by atoms with E-state index in [2.05, 4.69) is 66.3 Å². The fraction of sp³-hybridized carbons (Fsp3) is 0.333. The van der Waals surface area contributed by atoms with Gasteiger partial charge in [-0.15, -0.1) is 12.4 Å². The number of benzene rings is 3. The lowest BCUT2D eigenvalue weighted by Crippen LogP contribution is -2.32. The number of rotatable bonds is 6. The minimum atomic E-state index is -0.449. The summed E-state index contributed by atoms with van der Waals surface area (Å²) in [5.74, 6) is 0.